The van der Waals surface area contributed by atoms with Gasteiger partial charge in [0.15, 0.2) is 11.5 Å². The summed E-state index contributed by atoms with van der Waals surface area (Å²) in [5.74, 6) is 0.567. The van der Waals surface area contributed by atoms with E-state index in [9.17, 15) is 4.79 Å². The molecule has 3 rings (SSSR count). The number of para-hydroxylation sites is 1. The van der Waals surface area contributed by atoms with Gasteiger partial charge in [0.2, 0.25) is 6.79 Å². The number of aliphatic imine (C=N–C) groups is 1. The van der Waals surface area contributed by atoms with Gasteiger partial charge in [0, 0.05) is 17.3 Å². The Balaban J connectivity index is 2.23. The van der Waals surface area contributed by atoms with Crippen molar-refractivity contribution in [3.05, 3.63) is 46.8 Å². The van der Waals surface area contributed by atoms with Crippen LogP contribution in [0.2, 0.25) is 0 Å². The summed E-state index contributed by atoms with van der Waals surface area (Å²) < 4.78 is 16.4. The van der Waals surface area contributed by atoms with Crippen molar-refractivity contribution < 1.29 is 19.0 Å². The van der Waals surface area contributed by atoms with Crippen molar-refractivity contribution in [1.29, 1.82) is 0 Å². The van der Waals surface area contributed by atoms with Gasteiger partial charge in [0.25, 0.3) is 0 Å². The highest BCUT2D eigenvalue weighted by Crippen LogP contribution is 2.46. The number of rotatable bonds is 5. The number of hydrogen-bond acceptors (Lipinski definition) is 7. The number of ether oxygens (including phenoxy) is 3. The van der Waals surface area contributed by atoms with Crippen LogP contribution in [0.15, 0.2) is 46.2 Å². The van der Waals surface area contributed by atoms with E-state index in [2.05, 4.69) is 4.99 Å². The fourth-order valence-electron chi connectivity index (χ4n) is 3.30. The van der Waals surface area contributed by atoms with Crippen LogP contribution in [0, 0.1) is 0 Å². The Bertz CT molecular complexity index is 811. The summed E-state index contributed by atoms with van der Waals surface area (Å²) in [7, 11) is 0. The lowest BCUT2D eigenvalue weighted by molar-refractivity contribution is -0.138. The lowest BCUT2D eigenvalue weighted by atomic mass is 9.80. The largest absolute Gasteiger partial charge is 0.463 e. The van der Waals surface area contributed by atoms with Gasteiger partial charge in [-0.15, -0.1) is 0 Å². The number of nitrogens with two attached hydrogens (primary N) is 2. The number of amidine groups is 1. The van der Waals surface area contributed by atoms with E-state index in [-0.39, 0.29) is 13.4 Å². The van der Waals surface area contributed by atoms with Crippen LogP contribution in [-0.4, -0.2) is 25.2 Å². The quantitative estimate of drug-likeness (QED) is 0.783. The minimum Gasteiger partial charge on any atom is -0.463 e. The molecule has 0 saturated carbocycles. The first-order valence-corrected chi connectivity index (χ1v) is 8.67. The lowest BCUT2D eigenvalue weighted by Crippen LogP contribution is -2.30. The first-order valence-electron chi connectivity index (χ1n) is 8.67. The second-order valence-corrected chi connectivity index (χ2v) is 5.96. The van der Waals surface area contributed by atoms with Crippen molar-refractivity contribution in [3.63, 3.8) is 0 Å². The summed E-state index contributed by atoms with van der Waals surface area (Å²) in [5.41, 5.74) is 14.4. The van der Waals surface area contributed by atoms with Gasteiger partial charge in [-0.25, -0.2) is 9.79 Å². The van der Waals surface area contributed by atoms with Crippen LogP contribution in [-0.2, 0) is 9.53 Å². The minimum atomic E-state index is -0.519. The Morgan fingerprint density at radius 1 is 1.38 bits per heavy atom. The molecule has 7 nitrogen and oxygen atoms in total. The van der Waals surface area contributed by atoms with E-state index in [0.29, 0.717) is 40.6 Å². The Morgan fingerprint density at radius 3 is 2.88 bits per heavy atom. The van der Waals surface area contributed by atoms with Gasteiger partial charge >= 0.3 is 5.97 Å². The third kappa shape index (κ3) is 3.00. The number of esters is 1. The average Bonchev–Trinajstić information content (AvgIpc) is 3.10. The van der Waals surface area contributed by atoms with E-state index in [1.807, 2.05) is 25.1 Å². The number of carbonyl (C=O) groups excluding carboxylic acids is 1. The van der Waals surface area contributed by atoms with Gasteiger partial charge in [-0.2, -0.15) is 0 Å². The van der Waals surface area contributed by atoms with Crippen molar-refractivity contribution in [2.24, 2.45) is 16.5 Å². The molecule has 0 aromatic heterocycles. The minimum absolute atomic E-state index is 0.130. The van der Waals surface area contributed by atoms with Crippen LogP contribution in [0.25, 0.3) is 0 Å². The SMILES string of the molecule is CCCC1=C(C(=O)OCC)C(c2cccc3c2OCO3)/C(=C/N)C(N)=N1. The highest BCUT2D eigenvalue weighted by molar-refractivity contribution is 6.06. The van der Waals surface area contributed by atoms with Crippen LogP contribution in [0.1, 0.15) is 38.2 Å². The zero-order valence-electron chi connectivity index (χ0n) is 15.0. The zero-order valence-corrected chi connectivity index (χ0v) is 15.0. The summed E-state index contributed by atoms with van der Waals surface area (Å²) in [6.45, 7) is 4.18. The summed E-state index contributed by atoms with van der Waals surface area (Å²) in [5, 5.41) is 0. The van der Waals surface area contributed by atoms with Gasteiger partial charge in [-0.1, -0.05) is 25.5 Å². The molecule has 1 aromatic carbocycles. The van der Waals surface area contributed by atoms with E-state index >= 15 is 0 Å². The molecule has 0 aliphatic carbocycles. The Morgan fingerprint density at radius 2 is 2.19 bits per heavy atom. The van der Waals surface area contributed by atoms with Crippen LogP contribution in [0.3, 0.4) is 0 Å². The molecule has 138 valence electrons. The molecular weight excluding hydrogens is 334 g/mol. The van der Waals surface area contributed by atoms with Crippen molar-refractivity contribution in [2.45, 2.75) is 32.6 Å². The smallest absolute Gasteiger partial charge is 0.336 e. The number of nitrogens with zero attached hydrogens (tertiary/aromatic N) is 1. The topological polar surface area (TPSA) is 109 Å². The van der Waals surface area contributed by atoms with E-state index in [1.165, 1.54) is 6.20 Å². The molecule has 0 fully saturated rings. The third-order valence-electron chi connectivity index (χ3n) is 4.36. The maximum atomic E-state index is 12.8. The normalized spacial score (nSPS) is 20.3. The maximum Gasteiger partial charge on any atom is 0.336 e. The van der Waals surface area contributed by atoms with Crippen molar-refractivity contribution >= 4 is 11.8 Å². The van der Waals surface area contributed by atoms with Crippen LogP contribution in [0.5, 0.6) is 11.5 Å². The molecule has 2 aliphatic heterocycles. The molecule has 0 amide bonds. The summed E-state index contributed by atoms with van der Waals surface area (Å²) in [6.07, 6.45) is 2.81. The Kier molecular flexibility index (Phi) is 5.16. The average molecular weight is 357 g/mol. The number of carbonyl (C=O) groups is 1. The molecule has 2 aliphatic rings. The standard InChI is InChI=1S/C19H23N3O4/c1-3-6-13-16(19(23)24-4-2)15(12(9-20)18(21)22-13)11-7-5-8-14-17(11)26-10-25-14/h5,7-9,15H,3-4,6,10,20H2,1-2H3,(H2,21,22)/b12-9-. The molecule has 0 bridgehead atoms. The van der Waals surface area contributed by atoms with E-state index in [0.717, 1.165) is 12.0 Å². The fourth-order valence-corrected chi connectivity index (χ4v) is 3.30. The van der Waals surface area contributed by atoms with Gasteiger partial charge in [0.05, 0.1) is 23.8 Å². The first kappa shape index (κ1) is 17.8. The van der Waals surface area contributed by atoms with E-state index in [1.54, 1.807) is 6.92 Å². The highest BCUT2D eigenvalue weighted by Gasteiger charge is 2.38. The van der Waals surface area contributed by atoms with Crippen molar-refractivity contribution in [1.82, 2.24) is 0 Å². The molecule has 1 unspecified atom stereocenters. The molecule has 4 N–H and O–H groups in total. The summed E-state index contributed by atoms with van der Waals surface area (Å²) in [4.78, 5) is 17.2. The molecule has 1 atom stereocenters. The molecule has 2 heterocycles. The first-order chi connectivity index (χ1) is 12.6. The lowest BCUT2D eigenvalue weighted by Gasteiger charge is -2.28. The van der Waals surface area contributed by atoms with Gasteiger partial charge in [-0.3, -0.25) is 0 Å². The van der Waals surface area contributed by atoms with E-state index < -0.39 is 11.9 Å². The maximum absolute atomic E-state index is 12.8. The van der Waals surface area contributed by atoms with Gasteiger partial charge < -0.3 is 25.7 Å². The Labute approximate surface area is 152 Å². The van der Waals surface area contributed by atoms with E-state index in [4.69, 9.17) is 25.7 Å². The van der Waals surface area contributed by atoms with Crippen LogP contribution in [0.4, 0.5) is 0 Å². The molecule has 0 radical (unpaired) electrons. The van der Waals surface area contributed by atoms with Crippen molar-refractivity contribution in [3.8, 4) is 11.5 Å². The number of hydrogen-bond donors (Lipinski definition) is 2. The molecule has 1 aromatic rings. The molecule has 0 spiro atoms. The monoisotopic (exact) mass is 357 g/mol. The second-order valence-electron chi connectivity index (χ2n) is 5.96. The molecule has 7 heteroatoms. The number of allylic oxidation sites excluding steroid dienone is 1. The van der Waals surface area contributed by atoms with Gasteiger partial charge in [-0.05, 0) is 19.4 Å². The number of fused-ring (bicyclic) bond motifs is 1. The molecule has 0 saturated heterocycles. The summed E-state index contributed by atoms with van der Waals surface area (Å²) in [6, 6.07) is 5.54. The molecular formula is C19H23N3O4. The second kappa shape index (κ2) is 7.51. The molecule has 26 heavy (non-hydrogen) atoms. The van der Waals surface area contributed by atoms with Gasteiger partial charge in [0.1, 0.15) is 5.84 Å². The zero-order chi connectivity index (χ0) is 18.7. The van der Waals surface area contributed by atoms with Crippen LogP contribution >= 0.6 is 0 Å². The van der Waals surface area contributed by atoms with Crippen molar-refractivity contribution in [2.75, 3.05) is 13.4 Å². The Hall–Kier alpha value is -2.96. The summed E-state index contributed by atoms with van der Waals surface area (Å²) >= 11 is 0. The van der Waals surface area contributed by atoms with Crippen LogP contribution < -0.4 is 20.9 Å². The predicted octanol–water partition coefficient (Wildman–Crippen LogP) is 2.33. The number of benzene rings is 1. The highest BCUT2D eigenvalue weighted by atomic mass is 16.7. The third-order valence-corrected chi connectivity index (χ3v) is 4.36. The fraction of sp³-hybridized carbons (Fsp3) is 0.368. The predicted molar refractivity (Wildman–Crippen MR) is 97.8 cm³/mol.